The van der Waals surface area contributed by atoms with E-state index in [0.717, 1.165) is 13.0 Å². The Morgan fingerprint density at radius 1 is 1.56 bits per heavy atom. The average Bonchev–Trinajstić information content (AvgIpc) is 2.64. The van der Waals surface area contributed by atoms with Gasteiger partial charge in [-0.25, -0.2) is 0 Å². The summed E-state index contributed by atoms with van der Waals surface area (Å²) in [7, 11) is 0. The van der Waals surface area contributed by atoms with Crippen LogP contribution in [0.2, 0.25) is 0 Å². The number of amides is 1. The van der Waals surface area contributed by atoms with E-state index in [-0.39, 0.29) is 18.1 Å². The summed E-state index contributed by atoms with van der Waals surface area (Å²) in [5, 5.41) is 15.4. The van der Waals surface area contributed by atoms with Crippen molar-refractivity contribution < 1.29 is 9.90 Å². The van der Waals surface area contributed by atoms with Crippen LogP contribution in [0.1, 0.15) is 39.0 Å². The van der Waals surface area contributed by atoms with Gasteiger partial charge in [-0.05, 0) is 31.1 Å². The molecule has 2 aliphatic rings. The van der Waals surface area contributed by atoms with Crippen LogP contribution in [0.25, 0.3) is 0 Å². The molecule has 2 fully saturated rings. The van der Waals surface area contributed by atoms with Crippen molar-refractivity contribution in [3.63, 3.8) is 0 Å². The molecule has 16 heavy (non-hydrogen) atoms. The Morgan fingerprint density at radius 2 is 2.31 bits per heavy atom. The normalized spacial score (nSPS) is 32.1. The molecule has 0 radical (unpaired) electrons. The van der Waals surface area contributed by atoms with E-state index >= 15 is 0 Å². The quantitative estimate of drug-likeness (QED) is 0.650. The van der Waals surface area contributed by atoms with E-state index in [1.54, 1.807) is 0 Å². The molecule has 2 rings (SSSR count). The summed E-state index contributed by atoms with van der Waals surface area (Å²) < 4.78 is 0. The van der Waals surface area contributed by atoms with Crippen molar-refractivity contribution in [1.82, 2.24) is 10.6 Å². The lowest BCUT2D eigenvalue weighted by Crippen LogP contribution is -2.47. The van der Waals surface area contributed by atoms with Crippen molar-refractivity contribution in [3.8, 4) is 0 Å². The van der Waals surface area contributed by atoms with Gasteiger partial charge in [0.1, 0.15) is 0 Å². The summed E-state index contributed by atoms with van der Waals surface area (Å²) in [6.07, 6.45) is 5.11. The van der Waals surface area contributed by atoms with Crippen LogP contribution in [0.4, 0.5) is 0 Å². The van der Waals surface area contributed by atoms with Crippen molar-refractivity contribution in [2.24, 2.45) is 5.41 Å². The first-order valence-corrected chi connectivity index (χ1v) is 6.34. The summed E-state index contributed by atoms with van der Waals surface area (Å²) >= 11 is 0. The number of aliphatic hydroxyl groups is 1. The number of hydrogen-bond acceptors (Lipinski definition) is 3. The van der Waals surface area contributed by atoms with Gasteiger partial charge in [0.15, 0.2) is 0 Å². The van der Waals surface area contributed by atoms with Gasteiger partial charge in [-0.1, -0.05) is 13.3 Å². The molecule has 1 heterocycles. The largest absolute Gasteiger partial charge is 0.392 e. The minimum absolute atomic E-state index is 0.0521. The van der Waals surface area contributed by atoms with Crippen molar-refractivity contribution in [2.45, 2.75) is 51.2 Å². The van der Waals surface area contributed by atoms with Crippen LogP contribution in [-0.2, 0) is 4.79 Å². The van der Waals surface area contributed by atoms with Crippen LogP contribution in [0, 0.1) is 5.41 Å². The first-order chi connectivity index (χ1) is 7.65. The third kappa shape index (κ3) is 2.38. The zero-order valence-corrected chi connectivity index (χ0v) is 9.96. The van der Waals surface area contributed by atoms with Gasteiger partial charge in [0, 0.05) is 13.1 Å². The lowest BCUT2D eigenvalue weighted by atomic mass is 9.67. The molecule has 3 N–H and O–H groups in total. The minimum atomic E-state index is -0.361. The molecule has 2 atom stereocenters. The molecule has 92 valence electrons. The molecule has 1 saturated carbocycles. The predicted octanol–water partition coefficient (Wildman–Crippen LogP) is 0.406. The van der Waals surface area contributed by atoms with Crippen LogP contribution in [-0.4, -0.2) is 36.2 Å². The maximum absolute atomic E-state index is 11.8. The monoisotopic (exact) mass is 226 g/mol. The topological polar surface area (TPSA) is 61.4 Å². The molecule has 0 aromatic rings. The zero-order valence-electron chi connectivity index (χ0n) is 9.96. The van der Waals surface area contributed by atoms with E-state index in [0.29, 0.717) is 18.4 Å². The molecule has 1 aliphatic heterocycles. The standard InChI is InChI=1S/C12H22N2O2/c1-2-12(4-3-5-12)8-14-11(16)10-6-9(15)7-13-10/h9-10,13,15H,2-8H2,1H3,(H,14,16)/t9-,10-/m1/s1. The molecular formula is C12H22N2O2. The fourth-order valence-electron chi connectivity index (χ4n) is 2.65. The fraction of sp³-hybridized carbons (Fsp3) is 0.917. The molecule has 1 aliphatic carbocycles. The number of aliphatic hydroxyl groups excluding tert-OH is 1. The van der Waals surface area contributed by atoms with E-state index < -0.39 is 0 Å². The van der Waals surface area contributed by atoms with Crippen molar-refractivity contribution in [1.29, 1.82) is 0 Å². The Balaban J connectivity index is 1.75. The Morgan fingerprint density at radius 3 is 2.75 bits per heavy atom. The highest BCUT2D eigenvalue weighted by Crippen LogP contribution is 2.43. The van der Waals surface area contributed by atoms with Crippen LogP contribution < -0.4 is 10.6 Å². The smallest absolute Gasteiger partial charge is 0.237 e. The number of rotatable bonds is 4. The van der Waals surface area contributed by atoms with Gasteiger partial charge in [0.2, 0.25) is 5.91 Å². The van der Waals surface area contributed by atoms with E-state index in [9.17, 15) is 9.90 Å². The third-order valence-corrected chi connectivity index (χ3v) is 4.23. The van der Waals surface area contributed by atoms with Crippen LogP contribution >= 0.6 is 0 Å². The second-order valence-electron chi connectivity index (χ2n) is 5.28. The number of carbonyl (C=O) groups is 1. The molecule has 0 spiro atoms. The number of hydrogen-bond donors (Lipinski definition) is 3. The molecular weight excluding hydrogens is 204 g/mol. The molecule has 0 aromatic heterocycles. The number of β-amino-alcohol motifs (C(OH)–C–C–N with tert-alkyl or cyclic N) is 1. The summed E-state index contributed by atoms with van der Waals surface area (Å²) in [6.45, 7) is 3.54. The summed E-state index contributed by atoms with van der Waals surface area (Å²) in [4.78, 5) is 11.8. The van der Waals surface area contributed by atoms with E-state index in [2.05, 4.69) is 17.6 Å². The van der Waals surface area contributed by atoms with Gasteiger partial charge < -0.3 is 15.7 Å². The summed E-state index contributed by atoms with van der Waals surface area (Å²) in [6, 6.07) is -0.191. The van der Waals surface area contributed by atoms with Crippen molar-refractivity contribution in [2.75, 3.05) is 13.1 Å². The molecule has 1 amide bonds. The van der Waals surface area contributed by atoms with E-state index in [1.165, 1.54) is 19.3 Å². The first-order valence-electron chi connectivity index (χ1n) is 6.34. The highest BCUT2D eigenvalue weighted by Gasteiger charge is 2.36. The lowest BCUT2D eigenvalue weighted by Gasteiger charge is -2.41. The predicted molar refractivity (Wildman–Crippen MR) is 62.0 cm³/mol. The third-order valence-electron chi connectivity index (χ3n) is 4.23. The van der Waals surface area contributed by atoms with Crippen molar-refractivity contribution >= 4 is 5.91 Å². The minimum Gasteiger partial charge on any atom is -0.392 e. The molecule has 0 aromatic carbocycles. The highest BCUT2D eigenvalue weighted by atomic mass is 16.3. The first kappa shape index (κ1) is 11.9. The molecule has 4 heteroatoms. The van der Waals surface area contributed by atoms with Gasteiger partial charge in [-0.2, -0.15) is 0 Å². The van der Waals surface area contributed by atoms with Gasteiger partial charge >= 0.3 is 0 Å². The van der Waals surface area contributed by atoms with Gasteiger partial charge in [0.05, 0.1) is 12.1 Å². The number of carbonyl (C=O) groups excluding carboxylic acids is 1. The Labute approximate surface area is 96.8 Å². The summed E-state index contributed by atoms with van der Waals surface area (Å²) in [5.74, 6) is 0.0521. The molecule has 1 saturated heterocycles. The van der Waals surface area contributed by atoms with E-state index in [1.807, 2.05) is 0 Å². The number of nitrogens with one attached hydrogen (secondary N) is 2. The van der Waals surface area contributed by atoms with Crippen LogP contribution in [0.5, 0.6) is 0 Å². The van der Waals surface area contributed by atoms with Gasteiger partial charge in [-0.3, -0.25) is 4.79 Å². The maximum atomic E-state index is 11.8. The second kappa shape index (κ2) is 4.72. The van der Waals surface area contributed by atoms with Crippen molar-refractivity contribution in [3.05, 3.63) is 0 Å². The SMILES string of the molecule is CCC1(CNC(=O)[C@H]2C[C@@H](O)CN2)CCC1. The molecule has 4 nitrogen and oxygen atoms in total. The zero-order chi connectivity index (χ0) is 11.6. The van der Waals surface area contributed by atoms with E-state index in [4.69, 9.17) is 0 Å². The molecule has 0 bridgehead atoms. The fourth-order valence-corrected chi connectivity index (χ4v) is 2.65. The Kier molecular flexibility index (Phi) is 3.50. The van der Waals surface area contributed by atoms with Crippen LogP contribution in [0.3, 0.4) is 0 Å². The van der Waals surface area contributed by atoms with Gasteiger partial charge in [-0.15, -0.1) is 0 Å². The van der Waals surface area contributed by atoms with Gasteiger partial charge in [0.25, 0.3) is 0 Å². The maximum Gasteiger partial charge on any atom is 0.237 e. The average molecular weight is 226 g/mol. The summed E-state index contributed by atoms with van der Waals surface area (Å²) in [5.41, 5.74) is 0.368. The Bertz CT molecular complexity index is 258. The molecule has 0 unspecified atom stereocenters. The Hall–Kier alpha value is -0.610. The second-order valence-corrected chi connectivity index (χ2v) is 5.28. The lowest BCUT2D eigenvalue weighted by molar-refractivity contribution is -0.123. The van der Waals surface area contributed by atoms with Crippen LogP contribution in [0.15, 0.2) is 0 Å². The highest BCUT2D eigenvalue weighted by molar-refractivity contribution is 5.82.